The Bertz CT molecular complexity index is 2850. The fourth-order valence-electron chi connectivity index (χ4n) is 6.89. The number of ether oxygens (including phenoxy) is 2. The molecule has 11 rings (SSSR count). The van der Waals surface area contributed by atoms with Crippen LogP contribution >= 0.6 is 23.5 Å². The van der Waals surface area contributed by atoms with Gasteiger partial charge in [0.2, 0.25) is 22.1 Å². The monoisotopic (exact) mass is 866 g/mol. The minimum atomic E-state index is 0.494. The largest absolute Gasteiger partial charge is 0.438 e. The zero-order chi connectivity index (χ0) is 42.5. The van der Waals surface area contributed by atoms with Crippen LogP contribution < -0.4 is 9.47 Å². The van der Waals surface area contributed by atoms with Gasteiger partial charge in [0.05, 0.1) is 46.3 Å². The zero-order valence-corrected chi connectivity index (χ0v) is 35.8. The van der Waals surface area contributed by atoms with Gasteiger partial charge < -0.3 is 9.47 Å². The standard InChI is InChI=1S/C47H38N12O2S2/c1-32-40-30-48-58-42(34-16-7-3-8-17-34)50-52-46(58)62-28-15-29-63-47-53-51-43(35-18-9-4-10-19-35)59(47)49-31-41-33(2)55-57(37-22-13-6-14-23-37)45(41)61-39-26-24-38(25-27-39)60-44(40)56(54-32)36-20-11-5-12-21-36/h3-14,16-27,30-31H,15,28-29H2,1-2H3/b48-30+,49-31+. The van der Waals surface area contributed by atoms with E-state index in [1.165, 1.54) is 0 Å². The summed E-state index contributed by atoms with van der Waals surface area (Å²) in [5.74, 6) is 4.84. The van der Waals surface area contributed by atoms with Crippen molar-refractivity contribution in [1.82, 2.24) is 49.3 Å². The second-order valence-corrected chi connectivity index (χ2v) is 16.4. The van der Waals surface area contributed by atoms with Crippen molar-refractivity contribution >= 4 is 36.0 Å². The number of para-hydroxylation sites is 2. The number of aryl methyl sites for hydroxylation is 2. The predicted octanol–water partition coefficient (Wildman–Crippen LogP) is 10.1. The maximum absolute atomic E-state index is 6.72. The van der Waals surface area contributed by atoms with Gasteiger partial charge in [-0.05, 0) is 68.8 Å². The van der Waals surface area contributed by atoms with Crippen molar-refractivity contribution in [2.24, 2.45) is 10.2 Å². The Balaban J connectivity index is 1.09. The first-order valence-corrected chi connectivity index (χ1v) is 22.2. The third kappa shape index (κ3) is 8.28. The lowest BCUT2D eigenvalue weighted by atomic mass is 10.2. The number of nitrogens with zero attached hydrogens (tertiary/aromatic N) is 12. The fourth-order valence-corrected chi connectivity index (χ4v) is 8.72. The van der Waals surface area contributed by atoms with E-state index in [-0.39, 0.29) is 0 Å². The molecule has 0 aliphatic carbocycles. The van der Waals surface area contributed by atoms with Crippen molar-refractivity contribution < 1.29 is 9.47 Å². The Morgan fingerprint density at radius 3 is 1.24 bits per heavy atom. The van der Waals surface area contributed by atoms with Crippen LogP contribution in [0.5, 0.6) is 23.3 Å². The summed E-state index contributed by atoms with van der Waals surface area (Å²) in [6, 6.07) is 47.1. The van der Waals surface area contributed by atoms with E-state index in [9.17, 15) is 0 Å². The van der Waals surface area contributed by atoms with Gasteiger partial charge in [-0.1, -0.05) is 121 Å². The molecule has 0 saturated heterocycles. The van der Waals surface area contributed by atoms with Crippen LogP contribution in [0.3, 0.4) is 0 Å². The van der Waals surface area contributed by atoms with Crippen molar-refractivity contribution in [1.29, 1.82) is 0 Å². The Labute approximate surface area is 371 Å². The van der Waals surface area contributed by atoms with E-state index in [1.54, 1.807) is 54.7 Å². The molecule has 0 saturated carbocycles. The lowest BCUT2D eigenvalue weighted by molar-refractivity contribution is 0.432. The molecule has 0 N–H and O–H groups in total. The molecule has 6 heterocycles. The first-order valence-electron chi connectivity index (χ1n) is 20.2. The second kappa shape index (κ2) is 17.8. The Morgan fingerprint density at radius 2 is 0.841 bits per heavy atom. The molecule has 4 aromatic heterocycles. The van der Waals surface area contributed by atoms with Crippen LogP contribution in [0.1, 0.15) is 28.9 Å². The van der Waals surface area contributed by atoms with Crippen molar-refractivity contribution in [3.8, 4) is 57.4 Å². The molecule has 0 fully saturated rings. The van der Waals surface area contributed by atoms with Gasteiger partial charge in [-0.25, -0.2) is 0 Å². The summed E-state index contributed by atoms with van der Waals surface area (Å²) in [6.45, 7) is 3.88. The van der Waals surface area contributed by atoms with Crippen molar-refractivity contribution in [2.75, 3.05) is 11.5 Å². The average Bonchev–Trinajstić information content (AvgIpc) is 4.09. The topological polar surface area (TPSA) is 140 Å². The Hall–Kier alpha value is -7.56. The Kier molecular flexibility index (Phi) is 11.2. The third-order valence-corrected chi connectivity index (χ3v) is 12.0. The van der Waals surface area contributed by atoms with Crippen LogP contribution in [0.15, 0.2) is 166 Å². The first-order chi connectivity index (χ1) is 31.1. The van der Waals surface area contributed by atoms with Crippen LogP contribution in [0, 0.1) is 13.8 Å². The van der Waals surface area contributed by atoms with Crippen molar-refractivity contribution in [2.45, 2.75) is 30.6 Å². The first kappa shape index (κ1) is 39.6. The number of fused-ring (bicyclic) bond motifs is 6. The smallest absolute Gasteiger partial charge is 0.231 e. The van der Waals surface area contributed by atoms with Crippen molar-refractivity contribution in [3.63, 3.8) is 0 Å². The minimum absolute atomic E-state index is 0.494. The maximum Gasteiger partial charge on any atom is 0.231 e. The van der Waals surface area contributed by atoms with Gasteiger partial charge in [-0.3, -0.25) is 0 Å². The van der Waals surface area contributed by atoms with E-state index < -0.39 is 0 Å². The van der Waals surface area contributed by atoms with Gasteiger partial charge in [-0.2, -0.15) is 39.1 Å². The number of thioether (sulfide) groups is 2. The highest BCUT2D eigenvalue weighted by molar-refractivity contribution is 8.00. The van der Waals surface area contributed by atoms with Crippen LogP contribution in [-0.4, -0.2) is 73.2 Å². The number of benzene rings is 5. The molecule has 16 heteroatoms. The van der Waals surface area contributed by atoms with E-state index in [4.69, 9.17) is 29.9 Å². The van der Waals surface area contributed by atoms with Gasteiger partial charge in [0.25, 0.3) is 0 Å². The van der Waals surface area contributed by atoms with E-state index in [2.05, 4.69) is 20.4 Å². The number of hydrogen-bond acceptors (Lipinski definition) is 12. The number of hydrogen-bond donors (Lipinski definition) is 0. The quantitative estimate of drug-likeness (QED) is 0.168. The molecule has 0 spiro atoms. The molecule has 5 aromatic carbocycles. The molecule has 63 heavy (non-hydrogen) atoms. The van der Waals surface area contributed by atoms with Crippen LogP contribution in [0.2, 0.25) is 0 Å². The highest BCUT2D eigenvalue weighted by Crippen LogP contribution is 2.35. The number of rotatable bonds is 4. The van der Waals surface area contributed by atoms with E-state index in [0.29, 0.717) is 56.3 Å². The van der Waals surface area contributed by atoms with E-state index in [1.807, 2.05) is 159 Å². The van der Waals surface area contributed by atoms with Crippen LogP contribution in [0.4, 0.5) is 0 Å². The molecule has 2 aliphatic rings. The van der Waals surface area contributed by atoms with E-state index >= 15 is 0 Å². The summed E-state index contributed by atoms with van der Waals surface area (Å²) in [6.07, 6.45) is 4.36. The highest BCUT2D eigenvalue weighted by atomic mass is 32.2. The Morgan fingerprint density at radius 1 is 0.460 bits per heavy atom. The fraction of sp³-hybridized carbons (Fsp3) is 0.106. The van der Waals surface area contributed by atoms with Gasteiger partial charge in [0.1, 0.15) is 11.5 Å². The SMILES string of the molecule is Cc1nn(-c2ccccc2)c2c1/C=N/n1c(nnc1-c1ccccc1)SCCCSc1nnc(-c3ccccc3)n1/N=C/c1c(C)nn(-c3ccccc3)c1Oc1ccc(cc1)O2. The van der Waals surface area contributed by atoms with Gasteiger partial charge in [0, 0.05) is 22.6 Å². The van der Waals surface area contributed by atoms with Crippen LogP contribution in [0.25, 0.3) is 34.2 Å². The summed E-state index contributed by atoms with van der Waals surface area (Å²) in [5.41, 5.74) is 6.30. The second-order valence-electron chi connectivity index (χ2n) is 14.3. The van der Waals surface area contributed by atoms with Crippen molar-refractivity contribution in [3.05, 3.63) is 168 Å². The van der Waals surface area contributed by atoms with Gasteiger partial charge >= 0.3 is 0 Å². The third-order valence-electron chi connectivity index (χ3n) is 10.0. The molecule has 2 aliphatic heterocycles. The van der Waals surface area contributed by atoms with Gasteiger partial charge in [-0.15, -0.1) is 20.4 Å². The molecule has 310 valence electrons. The average molecular weight is 867 g/mol. The molecule has 0 radical (unpaired) electrons. The lowest BCUT2D eigenvalue weighted by Gasteiger charge is -2.12. The summed E-state index contributed by atoms with van der Waals surface area (Å²) in [4.78, 5) is 0. The summed E-state index contributed by atoms with van der Waals surface area (Å²) >= 11 is 3.17. The summed E-state index contributed by atoms with van der Waals surface area (Å²) in [7, 11) is 0. The predicted molar refractivity (Wildman–Crippen MR) is 246 cm³/mol. The molecule has 14 nitrogen and oxygen atoms in total. The molecule has 0 amide bonds. The molecular formula is C47H38N12O2S2. The number of aromatic nitrogens is 10. The molecule has 2 bridgehead atoms. The lowest BCUT2D eigenvalue weighted by Crippen LogP contribution is -2.02. The highest BCUT2D eigenvalue weighted by Gasteiger charge is 2.22. The summed E-state index contributed by atoms with van der Waals surface area (Å²) < 4.78 is 20.6. The normalized spacial score (nSPS) is 14.1. The van der Waals surface area contributed by atoms with E-state index in [0.717, 1.165) is 51.8 Å². The zero-order valence-electron chi connectivity index (χ0n) is 34.1. The summed E-state index contributed by atoms with van der Waals surface area (Å²) in [5, 5.41) is 39.6. The molecule has 0 unspecified atom stereocenters. The molecule has 9 aromatic rings. The molecular weight excluding hydrogens is 829 g/mol. The van der Waals surface area contributed by atoms with Gasteiger partial charge in [0.15, 0.2) is 11.6 Å². The van der Waals surface area contributed by atoms with Crippen LogP contribution in [-0.2, 0) is 0 Å². The molecule has 0 atom stereocenters. The minimum Gasteiger partial charge on any atom is -0.438 e. The maximum atomic E-state index is 6.72.